The maximum absolute atomic E-state index is 12.8. The summed E-state index contributed by atoms with van der Waals surface area (Å²) in [6.07, 6.45) is 6.20. The van der Waals surface area contributed by atoms with Gasteiger partial charge in [-0.1, -0.05) is 0 Å². The van der Waals surface area contributed by atoms with Gasteiger partial charge >= 0.3 is 0 Å². The summed E-state index contributed by atoms with van der Waals surface area (Å²) < 4.78 is 27.3. The summed E-state index contributed by atoms with van der Waals surface area (Å²) >= 11 is 0. The Bertz CT molecular complexity index is 786. The zero-order chi connectivity index (χ0) is 14.4. The zero-order valence-electron chi connectivity index (χ0n) is 10.9. The molecule has 2 atom stereocenters. The largest absolute Gasteiger partial charge is 0.244 e. The number of halogens is 2. The molecular formula is C14H11F2N5. The molecule has 0 bridgehead atoms. The molecule has 0 unspecified atom stereocenters. The summed E-state index contributed by atoms with van der Waals surface area (Å²) in [6.45, 7) is 0. The normalized spacial score (nSPS) is 21.1. The Hall–Kier alpha value is -2.44. The van der Waals surface area contributed by atoms with Crippen molar-refractivity contribution in [2.75, 3.05) is 0 Å². The lowest BCUT2D eigenvalue weighted by atomic mass is 10.1. The highest BCUT2D eigenvalue weighted by Gasteiger charge is 2.46. The third kappa shape index (κ3) is 2.05. The van der Waals surface area contributed by atoms with Crippen molar-refractivity contribution in [3.8, 4) is 11.3 Å². The number of nitrogens with zero attached hydrogens (tertiary/aromatic N) is 5. The van der Waals surface area contributed by atoms with E-state index in [-0.39, 0.29) is 5.92 Å². The molecule has 1 aliphatic carbocycles. The minimum atomic E-state index is -2.28. The van der Waals surface area contributed by atoms with E-state index in [9.17, 15) is 8.78 Å². The molecule has 21 heavy (non-hydrogen) atoms. The Morgan fingerprint density at radius 3 is 2.67 bits per heavy atom. The van der Waals surface area contributed by atoms with Gasteiger partial charge in [0.1, 0.15) is 12.7 Å². The van der Waals surface area contributed by atoms with Crippen LogP contribution in [0.3, 0.4) is 0 Å². The highest BCUT2D eigenvalue weighted by Crippen LogP contribution is 2.52. The Kier molecular flexibility index (Phi) is 2.66. The average Bonchev–Trinajstić information content (AvgIpc) is 3.17. The van der Waals surface area contributed by atoms with E-state index < -0.39 is 12.3 Å². The molecule has 3 aromatic heterocycles. The smallest absolute Gasteiger partial charge is 0.242 e. The van der Waals surface area contributed by atoms with Crippen LogP contribution >= 0.6 is 0 Å². The summed E-state index contributed by atoms with van der Waals surface area (Å²) in [4.78, 5) is 12.0. The van der Waals surface area contributed by atoms with Crippen LogP contribution in [0.4, 0.5) is 8.78 Å². The van der Waals surface area contributed by atoms with Crippen LogP contribution in [0, 0.1) is 5.92 Å². The number of rotatable bonds is 3. The topological polar surface area (TPSA) is 56.0 Å². The SMILES string of the molecule is FC(F)[C@H]1C[C@@H]1c1cc(-c2cncnc2)nn2cncc12. The van der Waals surface area contributed by atoms with Gasteiger partial charge in [-0.25, -0.2) is 28.2 Å². The van der Waals surface area contributed by atoms with Crippen LogP contribution in [0.25, 0.3) is 16.8 Å². The van der Waals surface area contributed by atoms with E-state index in [4.69, 9.17) is 0 Å². The first-order chi connectivity index (χ1) is 10.2. The quantitative estimate of drug-likeness (QED) is 0.743. The summed E-state index contributed by atoms with van der Waals surface area (Å²) in [5.74, 6) is -0.693. The molecule has 4 rings (SSSR count). The fourth-order valence-electron chi connectivity index (χ4n) is 2.66. The molecule has 3 heterocycles. The Morgan fingerprint density at radius 2 is 1.95 bits per heavy atom. The summed E-state index contributed by atoms with van der Waals surface area (Å²) in [7, 11) is 0. The lowest BCUT2D eigenvalue weighted by molar-refractivity contribution is 0.120. The van der Waals surface area contributed by atoms with Gasteiger partial charge in [0.15, 0.2) is 0 Å². The highest BCUT2D eigenvalue weighted by atomic mass is 19.3. The fourth-order valence-corrected chi connectivity index (χ4v) is 2.66. The molecule has 0 saturated heterocycles. The second kappa shape index (κ2) is 4.54. The molecule has 0 spiro atoms. The second-order valence-electron chi connectivity index (χ2n) is 5.18. The molecule has 7 heteroatoms. The first kappa shape index (κ1) is 12.3. The Morgan fingerprint density at radius 1 is 1.14 bits per heavy atom. The molecule has 1 saturated carbocycles. The molecule has 1 aliphatic rings. The van der Waals surface area contributed by atoms with Crippen molar-refractivity contribution >= 4 is 5.52 Å². The maximum Gasteiger partial charge on any atom is 0.242 e. The minimum Gasteiger partial charge on any atom is -0.244 e. The number of aromatic nitrogens is 5. The van der Waals surface area contributed by atoms with Gasteiger partial charge in [-0.05, 0) is 24.0 Å². The minimum absolute atomic E-state index is 0.129. The summed E-state index contributed by atoms with van der Waals surface area (Å²) in [5.41, 5.74) is 3.06. The van der Waals surface area contributed by atoms with Crippen molar-refractivity contribution < 1.29 is 8.78 Å². The average molecular weight is 287 g/mol. The zero-order valence-corrected chi connectivity index (χ0v) is 10.9. The van der Waals surface area contributed by atoms with Crippen LogP contribution in [0.15, 0.2) is 37.3 Å². The van der Waals surface area contributed by atoms with Crippen molar-refractivity contribution in [3.05, 3.63) is 42.9 Å². The summed E-state index contributed by atoms with van der Waals surface area (Å²) in [5, 5.41) is 4.43. The molecule has 0 amide bonds. The third-order valence-electron chi connectivity index (χ3n) is 3.84. The van der Waals surface area contributed by atoms with Gasteiger partial charge < -0.3 is 0 Å². The summed E-state index contributed by atoms with van der Waals surface area (Å²) in [6, 6.07) is 1.85. The van der Waals surface area contributed by atoms with E-state index in [1.54, 1.807) is 29.4 Å². The molecular weight excluding hydrogens is 276 g/mol. The Balaban J connectivity index is 1.84. The molecule has 106 valence electrons. The van der Waals surface area contributed by atoms with E-state index in [0.717, 1.165) is 16.6 Å². The standard InChI is InChI=1S/C14H11F2N5/c15-14(16)11-1-9(11)10-2-12(8-3-17-6-18-4-8)20-21-7-19-5-13(10)21/h2-7,9,11,14H,1H2/t9-,11+/m1/s1. The first-order valence-corrected chi connectivity index (χ1v) is 6.61. The van der Waals surface area contributed by atoms with Gasteiger partial charge in [-0.2, -0.15) is 5.10 Å². The van der Waals surface area contributed by atoms with E-state index in [0.29, 0.717) is 12.1 Å². The van der Waals surface area contributed by atoms with Crippen LogP contribution in [0.1, 0.15) is 17.9 Å². The molecule has 1 fully saturated rings. The highest BCUT2D eigenvalue weighted by molar-refractivity contribution is 5.64. The molecule has 0 N–H and O–H groups in total. The number of alkyl halides is 2. The third-order valence-corrected chi connectivity index (χ3v) is 3.84. The van der Waals surface area contributed by atoms with E-state index >= 15 is 0 Å². The van der Waals surface area contributed by atoms with E-state index in [2.05, 4.69) is 20.1 Å². The number of hydrogen-bond donors (Lipinski definition) is 0. The van der Waals surface area contributed by atoms with Gasteiger partial charge in [-0.15, -0.1) is 0 Å². The first-order valence-electron chi connectivity index (χ1n) is 6.61. The Labute approximate surface area is 118 Å². The molecule has 3 aromatic rings. The van der Waals surface area contributed by atoms with Crippen molar-refractivity contribution in [1.29, 1.82) is 0 Å². The van der Waals surface area contributed by atoms with Gasteiger partial charge in [0, 0.05) is 23.9 Å². The number of imidazole rings is 1. The predicted molar refractivity (Wildman–Crippen MR) is 70.9 cm³/mol. The lowest BCUT2D eigenvalue weighted by Crippen LogP contribution is -2.01. The number of hydrogen-bond acceptors (Lipinski definition) is 4. The van der Waals surface area contributed by atoms with Gasteiger partial charge in [0.25, 0.3) is 0 Å². The molecule has 0 aliphatic heterocycles. The van der Waals surface area contributed by atoms with Gasteiger partial charge in [-0.3, -0.25) is 0 Å². The molecule has 0 radical (unpaired) electrons. The fraction of sp³-hybridized carbons (Fsp3) is 0.286. The van der Waals surface area contributed by atoms with Crippen LogP contribution in [-0.4, -0.2) is 31.0 Å². The monoisotopic (exact) mass is 287 g/mol. The van der Waals surface area contributed by atoms with Crippen molar-refractivity contribution in [1.82, 2.24) is 24.6 Å². The van der Waals surface area contributed by atoms with Crippen LogP contribution in [0.2, 0.25) is 0 Å². The van der Waals surface area contributed by atoms with Crippen LogP contribution in [0.5, 0.6) is 0 Å². The van der Waals surface area contributed by atoms with E-state index in [1.807, 2.05) is 6.07 Å². The molecule has 0 aromatic carbocycles. The van der Waals surface area contributed by atoms with Crippen LogP contribution < -0.4 is 0 Å². The van der Waals surface area contributed by atoms with E-state index in [1.165, 1.54) is 6.33 Å². The van der Waals surface area contributed by atoms with Crippen LogP contribution in [-0.2, 0) is 0 Å². The van der Waals surface area contributed by atoms with Crippen molar-refractivity contribution in [3.63, 3.8) is 0 Å². The maximum atomic E-state index is 12.8. The van der Waals surface area contributed by atoms with Gasteiger partial charge in [0.05, 0.1) is 17.4 Å². The van der Waals surface area contributed by atoms with Crippen molar-refractivity contribution in [2.45, 2.75) is 18.8 Å². The van der Waals surface area contributed by atoms with Crippen molar-refractivity contribution in [2.24, 2.45) is 5.92 Å². The number of fused-ring (bicyclic) bond motifs is 1. The second-order valence-corrected chi connectivity index (χ2v) is 5.18. The molecule has 5 nitrogen and oxygen atoms in total. The predicted octanol–water partition coefficient (Wildman–Crippen LogP) is 2.55. The lowest BCUT2D eigenvalue weighted by Gasteiger charge is -2.07. The van der Waals surface area contributed by atoms with Gasteiger partial charge in [0.2, 0.25) is 6.43 Å².